The molecule has 0 unspecified atom stereocenters. The van der Waals surface area contributed by atoms with Crippen molar-refractivity contribution in [3.8, 4) is 0 Å². The monoisotopic (exact) mass is 278 g/mol. The van der Waals surface area contributed by atoms with E-state index in [0.29, 0.717) is 19.4 Å². The number of carbonyl (C=O) groups is 1. The Balaban J connectivity index is 2.05. The van der Waals surface area contributed by atoms with E-state index in [1.807, 2.05) is 31.2 Å². The molecule has 1 amide bonds. The number of rotatable bonds is 5. The van der Waals surface area contributed by atoms with Gasteiger partial charge in [0.2, 0.25) is 5.91 Å². The summed E-state index contributed by atoms with van der Waals surface area (Å²) in [7, 11) is 0. The zero-order valence-electron chi connectivity index (χ0n) is 11.7. The van der Waals surface area contributed by atoms with Crippen LogP contribution in [0.25, 0.3) is 0 Å². The van der Waals surface area contributed by atoms with Crippen molar-refractivity contribution in [2.75, 3.05) is 13.2 Å². The molecule has 1 heterocycles. The van der Waals surface area contributed by atoms with Gasteiger partial charge in [-0.05, 0) is 24.0 Å². The summed E-state index contributed by atoms with van der Waals surface area (Å²) >= 11 is 0. The van der Waals surface area contributed by atoms with Gasteiger partial charge in [-0.1, -0.05) is 31.2 Å². The van der Waals surface area contributed by atoms with Crippen LogP contribution in [0.3, 0.4) is 0 Å². The average Bonchev–Trinajstić information content (AvgIpc) is 2.52. The lowest BCUT2D eigenvalue weighted by Crippen LogP contribution is -2.59. The van der Waals surface area contributed by atoms with Crippen molar-refractivity contribution < 1.29 is 15.0 Å². The molecule has 0 saturated heterocycles. The molecule has 2 rings (SSSR count). The molecule has 0 aliphatic carbocycles. The largest absolute Gasteiger partial charge is 0.394 e. The summed E-state index contributed by atoms with van der Waals surface area (Å²) in [5.74, 6) is -0.176. The predicted octanol–water partition coefficient (Wildman–Crippen LogP) is -0.0495. The summed E-state index contributed by atoms with van der Waals surface area (Å²) in [6.45, 7) is 1.95. The van der Waals surface area contributed by atoms with E-state index in [4.69, 9.17) is 0 Å². The molecule has 0 saturated carbocycles. The van der Waals surface area contributed by atoms with Crippen LogP contribution >= 0.6 is 0 Å². The maximum Gasteiger partial charge on any atom is 0.238 e. The summed E-state index contributed by atoms with van der Waals surface area (Å²) in [5, 5.41) is 24.7. The van der Waals surface area contributed by atoms with Crippen LogP contribution in [0.1, 0.15) is 24.5 Å². The number of fused-ring (bicyclic) bond motifs is 1. The lowest BCUT2D eigenvalue weighted by Gasteiger charge is -2.33. The predicted molar refractivity (Wildman–Crippen MR) is 76.1 cm³/mol. The van der Waals surface area contributed by atoms with Crippen LogP contribution in [0, 0.1) is 0 Å². The molecular formula is C15H22N2O3. The van der Waals surface area contributed by atoms with Crippen molar-refractivity contribution in [3.05, 3.63) is 35.4 Å². The zero-order valence-corrected chi connectivity index (χ0v) is 11.7. The molecule has 1 aromatic rings. The van der Waals surface area contributed by atoms with Crippen LogP contribution in [0.5, 0.6) is 0 Å². The first kappa shape index (κ1) is 15.0. The Morgan fingerprint density at radius 1 is 1.35 bits per heavy atom. The Labute approximate surface area is 119 Å². The molecule has 5 heteroatoms. The Hall–Kier alpha value is -1.43. The molecule has 5 nitrogen and oxygen atoms in total. The molecule has 0 fully saturated rings. The molecule has 110 valence electrons. The molecule has 20 heavy (non-hydrogen) atoms. The summed E-state index contributed by atoms with van der Waals surface area (Å²) in [6.07, 6.45) is 1.10. The number of nitrogens with one attached hydrogen (secondary N) is 2. The molecule has 0 radical (unpaired) electrons. The Morgan fingerprint density at radius 2 is 2.00 bits per heavy atom. The van der Waals surface area contributed by atoms with Crippen molar-refractivity contribution in [1.82, 2.24) is 10.6 Å². The molecule has 1 aliphatic rings. The highest BCUT2D eigenvalue weighted by Crippen LogP contribution is 2.17. The van der Waals surface area contributed by atoms with E-state index in [1.54, 1.807) is 0 Å². The highest BCUT2D eigenvalue weighted by molar-refractivity contribution is 5.83. The molecule has 0 aromatic heterocycles. The van der Waals surface area contributed by atoms with Gasteiger partial charge in [0.15, 0.2) is 0 Å². The van der Waals surface area contributed by atoms with Crippen LogP contribution in [0.4, 0.5) is 0 Å². The fourth-order valence-corrected chi connectivity index (χ4v) is 2.43. The molecule has 1 aliphatic heterocycles. The first-order chi connectivity index (χ1) is 9.64. The lowest BCUT2D eigenvalue weighted by molar-refractivity contribution is -0.126. The highest BCUT2D eigenvalue weighted by atomic mass is 16.3. The van der Waals surface area contributed by atoms with Crippen molar-refractivity contribution in [2.24, 2.45) is 0 Å². The number of benzene rings is 1. The van der Waals surface area contributed by atoms with Gasteiger partial charge < -0.3 is 20.8 Å². The minimum Gasteiger partial charge on any atom is -0.394 e. The fraction of sp³-hybridized carbons (Fsp3) is 0.533. The van der Waals surface area contributed by atoms with E-state index in [9.17, 15) is 15.0 Å². The van der Waals surface area contributed by atoms with E-state index in [-0.39, 0.29) is 25.2 Å². The van der Waals surface area contributed by atoms with Crippen molar-refractivity contribution >= 4 is 5.91 Å². The van der Waals surface area contributed by atoms with Gasteiger partial charge in [0, 0.05) is 6.54 Å². The number of aliphatic hydroxyl groups is 2. The van der Waals surface area contributed by atoms with Crippen LogP contribution in [-0.2, 0) is 17.8 Å². The SMILES string of the molecule is CCC(CO)(CO)NC(=O)[C@@H]1Cc2ccccc2CN1. The second-order valence-electron chi connectivity index (χ2n) is 5.35. The number of hydrogen-bond acceptors (Lipinski definition) is 4. The zero-order chi connectivity index (χ0) is 14.6. The topological polar surface area (TPSA) is 81.6 Å². The Bertz CT molecular complexity index is 464. The van der Waals surface area contributed by atoms with Crippen molar-refractivity contribution in [2.45, 2.75) is 37.9 Å². The summed E-state index contributed by atoms with van der Waals surface area (Å²) in [4.78, 5) is 12.3. The van der Waals surface area contributed by atoms with Gasteiger partial charge in [-0.2, -0.15) is 0 Å². The maximum absolute atomic E-state index is 12.3. The average molecular weight is 278 g/mol. The van der Waals surface area contributed by atoms with Gasteiger partial charge in [-0.3, -0.25) is 4.79 Å². The first-order valence-electron chi connectivity index (χ1n) is 6.98. The van der Waals surface area contributed by atoms with E-state index in [0.717, 1.165) is 0 Å². The molecular weight excluding hydrogens is 256 g/mol. The van der Waals surface area contributed by atoms with Crippen LogP contribution in [0.2, 0.25) is 0 Å². The summed E-state index contributed by atoms with van der Waals surface area (Å²) in [6, 6.07) is 7.71. The van der Waals surface area contributed by atoms with Crippen LogP contribution in [-0.4, -0.2) is 40.9 Å². The molecule has 0 bridgehead atoms. The van der Waals surface area contributed by atoms with Crippen molar-refractivity contribution in [3.63, 3.8) is 0 Å². The highest BCUT2D eigenvalue weighted by Gasteiger charge is 2.32. The number of carbonyl (C=O) groups excluding carboxylic acids is 1. The minimum atomic E-state index is -0.935. The molecule has 1 aromatic carbocycles. The smallest absolute Gasteiger partial charge is 0.238 e. The van der Waals surface area contributed by atoms with Gasteiger partial charge >= 0.3 is 0 Å². The molecule has 1 atom stereocenters. The number of amides is 1. The minimum absolute atomic E-state index is 0.176. The Morgan fingerprint density at radius 3 is 2.60 bits per heavy atom. The van der Waals surface area contributed by atoms with Gasteiger partial charge in [-0.25, -0.2) is 0 Å². The normalized spacial score (nSPS) is 18.4. The van der Waals surface area contributed by atoms with Gasteiger partial charge in [-0.15, -0.1) is 0 Å². The van der Waals surface area contributed by atoms with E-state index in [1.165, 1.54) is 11.1 Å². The van der Waals surface area contributed by atoms with E-state index < -0.39 is 5.54 Å². The van der Waals surface area contributed by atoms with Gasteiger partial charge in [0.1, 0.15) is 0 Å². The molecule has 0 spiro atoms. The van der Waals surface area contributed by atoms with E-state index >= 15 is 0 Å². The third-order valence-electron chi connectivity index (χ3n) is 4.07. The van der Waals surface area contributed by atoms with Crippen LogP contribution < -0.4 is 10.6 Å². The third-order valence-corrected chi connectivity index (χ3v) is 4.07. The Kier molecular flexibility index (Phi) is 4.75. The quantitative estimate of drug-likeness (QED) is 0.609. The molecule has 4 N–H and O–H groups in total. The van der Waals surface area contributed by atoms with E-state index in [2.05, 4.69) is 10.6 Å². The second kappa shape index (κ2) is 6.35. The fourth-order valence-electron chi connectivity index (χ4n) is 2.43. The van der Waals surface area contributed by atoms with Gasteiger partial charge in [0.05, 0.1) is 24.8 Å². The number of hydrogen-bond donors (Lipinski definition) is 4. The first-order valence-corrected chi connectivity index (χ1v) is 6.98. The maximum atomic E-state index is 12.3. The number of aliphatic hydroxyl groups excluding tert-OH is 2. The van der Waals surface area contributed by atoms with Crippen LogP contribution in [0.15, 0.2) is 24.3 Å². The van der Waals surface area contributed by atoms with Gasteiger partial charge in [0.25, 0.3) is 0 Å². The summed E-state index contributed by atoms with van der Waals surface area (Å²) < 4.78 is 0. The summed E-state index contributed by atoms with van der Waals surface area (Å²) in [5.41, 5.74) is 1.44. The third kappa shape index (κ3) is 3.00. The standard InChI is InChI=1S/C15H22N2O3/c1-2-15(9-18,10-19)17-14(20)13-7-11-5-3-4-6-12(11)8-16-13/h3-6,13,16,18-19H,2,7-10H2,1H3,(H,17,20)/t13-/m0/s1. The van der Waals surface area contributed by atoms with Crippen molar-refractivity contribution in [1.29, 1.82) is 0 Å². The lowest BCUT2D eigenvalue weighted by atomic mass is 9.93. The second-order valence-corrected chi connectivity index (χ2v) is 5.35.